The standard InChI is InChI=1S/C23H16Cl3N5OS/c24-17-9-11-18(12-10-17)31-22(15-5-2-1-3-6-15)29-30-23(31)33-14-20(32)28-27-13-16-7-4-8-19(25)21(16)26/h1-13H,14H2,(H,28,32)/b27-13-. The van der Waals surface area contributed by atoms with Crippen molar-refractivity contribution >= 4 is 58.7 Å². The molecule has 10 heteroatoms. The number of nitrogens with one attached hydrogen (secondary N) is 1. The zero-order valence-electron chi connectivity index (χ0n) is 17.0. The van der Waals surface area contributed by atoms with E-state index in [-0.39, 0.29) is 11.7 Å². The van der Waals surface area contributed by atoms with Gasteiger partial charge in [0.1, 0.15) is 0 Å². The normalized spacial score (nSPS) is 11.1. The molecule has 166 valence electrons. The molecule has 1 heterocycles. The van der Waals surface area contributed by atoms with Crippen molar-refractivity contribution in [2.75, 3.05) is 5.75 Å². The summed E-state index contributed by atoms with van der Waals surface area (Å²) in [5.74, 6) is 0.442. The lowest BCUT2D eigenvalue weighted by molar-refractivity contribution is -0.118. The molecule has 0 unspecified atom stereocenters. The Morgan fingerprint density at radius 3 is 2.48 bits per heavy atom. The van der Waals surface area contributed by atoms with E-state index in [4.69, 9.17) is 34.8 Å². The average molecular weight is 517 g/mol. The molecule has 6 nitrogen and oxygen atoms in total. The van der Waals surface area contributed by atoms with Crippen molar-refractivity contribution in [2.24, 2.45) is 5.10 Å². The fourth-order valence-corrected chi connectivity index (χ4v) is 4.14. The maximum Gasteiger partial charge on any atom is 0.250 e. The minimum Gasteiger partial charge on any atom is -0.272 e. The molecule has 3 aromatic carbocycles. The van der Waals surface area contributed by atoms with Gasteiger partial charge in [0.25, 0.3) is 5.91 Å². The lowest BCUT2D eigenvalue weighted by Gasteiger charge is -2.10. The molecule has 0 aliphatic carbocycles. The Morgan fingerprint density at radius 2 is 1.73 bits per heavy atom. The van der Waals surface area contributed by atoms with E-state index in [0.29, 0.717) is 31.6 Å². The van der Waals surface area contributed by atoms with Crippen molar-refractivity contribution in [1.29, 1.82) is 0 Å². The fraction of sp³-hybridized carbons (Fsp3) is 0.0435. The number of rotatable bonds is 7. The number of benzene rings is 3. The maximum atomic E-state index is 12.3. The van der Waals surface area contributed by atoms with Gasteiger partial charge in [0.15, 0.2) is 11.0 Å². The number of halogens is 3. The van der Waals surface area contributed by atoms with Crippen molar-refractivity contribution in [3.63, 3.8) is 0 Å². The van der Waals surface area contributed by atoms with Gasteiger partial charge in [-0.05, 0) is 30.3 Å². The monoisotopic (exact) mass is 515 g/mol. The summed E-state index contributed by atoms with van der Waals surface area (Å²) in [7, 11) is 0. The lowest BCUT2D eigenvalue weighted by atomic mass is 10.2. The van der Waals surface area contributed by atoms with E-state index in [1.54, 1.807) is 30.3 Å². The van der Waals surface area contributed by atoms with Crippen LogP contribution >= 0.6 is 46.6 Å². The van der Waals surface area contributed by atoms with Crippen molar-refractivity contribution in [2.45, 2.75) is 5.16 Å². The highest BCUT2D eigenvalue weighted by atomic mass is 35.5. The van der Waals surface area contributed by atoms with E-state index in [2.05, 4.69) is 20.7 Å². The van der Waals surface area contributed by atoms with Crippen LogP contribution in [0.25, 0.3) is 17.1 Å². The predicted octanol–water partition coefficient (Wildman–Crippen LogP) is 6.14. The second kappa shape index (κ2) is 10.9. The molecule has 1 amide bonds. The Hall–Kier alpha value is -2.84. The highest BCUT2D eigenvalue weighted by molar-refractivity contribution is 7.99. The molecular weight excluding hydrogens is 501 g/mol. The number of carbonyl (C=O) groups is 1. The summed E-state index contributed by atoms with van der Waals surface area (Å²) in [4.78, 5) is 12.3. The van der Waals surface area contributed by atoms with Gasteiger partial charge in [-0.25, -0.2) is 5.43 Å². The van der Waals surface area contributed by atoms with Crippen molar-refractivity contribution in [3.8, 4) is 17.1 Å². The van der Waals surface area contributed by atoms with Crippen molar-refractivity contribution in [3.05, 3.63) is 93.4 Å². The Morgan fingerprint density at radius 1 is 0.970 bits per heavy atom. The number of hydrogen-bond acceptors (Lipinski definition) is 5. The smallest absolute Gasteiger partial charge is 0.250 e. The van der Waals surface area contributed by atoms with Crippen LogP contribution in [0, 0.1) is 0 Å². The van der Waals surface area contributed by atoms with Gasteiger partial charge in [-0.3, -0.25) is 9.36 Å². The molecule has 33 heavy (non-hydrogen) atoms. The molecular formula is C23H16Cl3N5OS. The van der Waals surface area contributed by atoms with Crippen molar-refractivity contribution in [1.82, 2.24) is 20.2 Å². The van der Waals surface area contributed by atoms with E-state index < -0.39 is 0 Å². The highest BCUT2D eigenvalue weighted by Crippen LogP contribution is 2.28. The summed E-state index contributed by atoms with van der Waals surface area (Å²) in [6, 6.07) is 22.2. The topological polar surface area (TPSA) is 72.2 Å². The fourth-order valence-electron chi connectivity index (χ4n) is 2.92. The molecule has 0 saturated carbocycles. The molecule has 0 atom stereocenters. The summed E-state index contributed by atoms with van der Waals surface area (Å²) < 4.78 is 1.89. The molecule has 0 aliphatic rings. The zero-order chi connectivity index (χ0) is 23.2. The van der Waals surface area contributed by atoms with Crippen LogP contribution in [0.2, 0.25) is 15.1 Å². The number of thioether (sulfide) groups is 1. The van der Waals surface area contributed by atoms with Gasteiger partial charge in [0.2, 0.25) is 0 Å². The third kappa shape index (κ3) is 5.75. The molecule has 0 radical (unpaired) electrons. The summed E-state index contributed by atoms with van der Waals surface area (Å²) in [6.07, 6.45) is 1.44. The van der Waals surface area contributed by atoms with Gasteiger partial charge in [-0.1, -0.05) is 89.0 Å². The quantitative estimate of drug-likeness (QED) is 0.182. The number of aromatic nitrogens is 3. The third-order valence-electron chi connectivity index (χ3n) is 4.46. The minimum atomic E-state index is -0.304. The zero-order valence-corrected chi connectivity index (χ0v) is 20.0. The van der Waals surface area contributed by atoms with Crippen LogP contribution < -0.4 is 5.43 Å². The molecule has 0 spiro atoms. The summed E-state index contributed by atoms with van der Waals surface area (Å²) in [5.41, 5.74) is 4.83. The van der Waals surface area contributed by atoms with Crippen molar-refractivity contribution < 1.29 is 4.79 Å². The van der Waals surface area contributed by atoms with E-state index in [9.17, 15) is 4.79 Å². The summed E-state index contributed by atoms with van der Waals surface area (Å²) >= 11 is 19.4. The number of hydrogen-bond donors (Lipinski definition) is 1. The average Bonchev–Trinajstić information content (AvgIpc) is 3.25. The summed E-state index contributed by atoms with van der Waals surface area (Å²) in [6.45, 7) is 0. The van der Waals surface area contributed by atoms with Gasteiger partial charge in [0.05, 0.1) is 22.0 Å². The van der Waals surface area contributed by atoms with E-state index in [1.807, 2.05) is 47.0 Å². The second-order valence-corrected chi connectivity index (χ2v) is 8.87. The first-order chi connectivity index (χ1) is 16.0. The number of carbonyl (C=O) groups excluding carboxylic acids is 1. The van der Waals surface area contributed by atoms with Gasteiger partial charge in [-0.2, -0.15) is 5.10 Å². The van der Waals surface area contributed by atoms with E-state index in [0.717, 1.165) is 11.3 Å². The maximum absolute atomic E-state index is 12.3. The van der Waals surface area contributed by atoms with Crippen LogP contribution in [0.4, 0.5) is 0 Å². The molecule has 1 N–H and O–H groups in total. The number of nitrogens with zero attached hydrogens (tertiary/aromatic N) is 4. The largest absolute Gasteiger partial charge is 0.272 e. The first-order valence-corrected chi connectivity index (χ1v) is 11.8. The molecule has 0 saturated heterocycles. The third-order valence-corrected chi connectivity index (χ3v) is 6.47. The molecule has 4 rings (SSSR count). The van der Waals surface area contributed by atoms with E-state index >= 15 is 0 Å². The Bertz CT molecular complexity index is 1290. The van der Waals surface area contributed by atoms with Crippen LogP contribution in [0.5, 0.6) is 0 Å². The molecule has 0 aliphatic heterocycles. The molecule has 4 aromatic rings. The highest BCUT2D eigenvalue weighted by Gasteiger charge is 2.17. The number of hydrazone groups is 1. The molecule has 1 aromatic heterocycles. The first-order valence-electron chi connectivity index (χ1n) is 9.68. The van der Waals surface area contributed by atoms with Gasteiger partial charge < -0.3 is 0 Å². The van der Waals surface area contributed by atoms with Gasteiger partial charge in [0, 0.05) is 21.8 Å². The second-order valence-electron chi connectivity index (χ2n) is 6.71. The Kier molecular flexibility index (Phi) is 7.67. The van der Waals surface area contributed by atoms with E-state index in [1.165, 1.54) is 18.0 Å². The van der Waals surface area contributed by atoms with Crippen LogP contribution in [0.1, 0.15) is 5.56 Å². The van der Waals surface area contributed by atoms with Gasteiger partial charge in [-0.15, -0.1) is 10.2 Å². The summed E-state index contributed by atoms with van der Waals surface area (Å²) in [5, 5.41) is 14.6. The van der Waals surface area contributed by atoms with Crippen LogP contribution in [-0.2, 0) is 4.79 Å². The van der Waals surface area contributed by atoms with Crippen LogP contribution in [-0.4, -0.2) is 32.6 Å². The molecule has 0 bridgehead atoms. The van der Waals surface area contributed by atoms with Crippen LogP contribution in [0.3, 0.4) is 0 Å². The van der Waals surface area contributed by atoms with Gasteiger partial charge >= 0.3 is 0 Å². The number of amides is 1. The SMILES string of the molecule is O=C(CSc1nnc(-c2ccccc2)n1-c1ccc(Cl)cc1)N/N=C\c1cccc(Cl)c1Cl. The predicted molar refractivity (Wildman–Crippen MR) is 135 cm³/mol. The first kappa shape index (κ1) is 23.3. The Balaban J connectivity index is 1.50. The molecule has 0 fully saturated rings. The Labute approximate surface area is 209 Å². The minimum absolute atomic E-state index is 0.0845. The lowest BCUT2D eigenvalue weighted by Crippen LogP contribution is -2.20. The van der Waals surface area contributed by atoms with Crippen LogP contribution in [0.15, 0.2) is 83.1 Å².